The average Bonchev–Trinajstić information content (AvgIpc) is 2.61. The summed E-state index contributed by atoms with van der Waals surface area (Å²) in [5.41, 5.74) is 1.39. The summed E-state index contributed by atoms with van der Waals surface area (Å²) in [6.07, 6.45) is 0.778. The fraction of sp³-hybridized carbons (Fsp3) is 0.158. The molecule has 0 bridgehead atoms. The highest BCUT2D eigenvalue weighted by atomic mass is 16.5. The SMILES string of the molecule is CCc1ccccc1NC(=O)c1cc2cc(OC)ccc2oc1=O. The molecule has 0 spiro atoms. The highest BCUT2D eigenvalue weighted by molar-refractivity contribution is 6.05. The normalized spacial score (nSPS) is 10.6. The number of para-hydroxylation sites is 1. The zero-order valence-electron chi connectivity index (χ0n) is 13.5. The van der Waals surface area contributed by atoms with Gasteiger partial charge in [0, 0.05) is 11.1 Å². The summed E-state index contributed by atoms with van der Waals surface area (Å²) in [6.45, 7) is 2.00. The number of carbonyl (C=O) groups is 1. The van der Waals surface area contributed by atoms with Crippen molar-refractivity contribution < 1.29 is 13.9 Å². The summed E-state index contributed by atoms with van der Waals surface area (Å²) >= 11 is 0. The second kappa shape index (κ2) is 6.58. The second-order valence-corrected chi connectivity index (χ2v) is 5.32. The van der Waals surface area contributed by atoms with E-state index in [2.05, 4.69) is 5.32 Å². The standard InChI is InChI=1S/C19H17NO4/c1-3-12-6-4-5-7-16(12)20-18(21)15-11-13-10-14(23-2)8-9-17(13)24-19(15)22/h4-11H,3H2,1-2H3,(H,20,21). The number of methoxy groups -OCH3 is 1. The van der Waals surface area contributed by atoms with Crippen LogP contribution in [0.5, 0.6) is 5.75 Å². The van der Waals surface area contributed by atoms with Crippen LogP contribution < -0.4 is 15.7 Å². The summed E-state index contributed by atoms with van der Waals surface area (Å²) in [5.74, 6) is 0.133. The molecule has 122 valence electrons. The molecule has 1 amide bonds. The van der Waals surface area contributed by atoms with Crippen molar-refractivity contribution in [1.29, 1.82) is 0 Å². The molecule has 0 fully saturated rings. The van der Waals surface area contributed by atoms with Crippen LogP contribution in [0.15, 0.2) is 57.7 Å². The average molecular weight is 323 g/mol. The first kappa shape index (κ1) is 15.8. The summed E-state index contributed by atoms with van der Waals surface area (Å²) in [7, 11) is 1.55. The van der Waals surface area contributed by atoms with Gasteiger partial charge < -0.3 is 14.5 Å². The van der Waals surface area contributed by atoms with Crippen molar-refractivity contribution in [3.63, 3.8) is 0 Å². The largest absolute Gasteiger partial charge is 0.497 e. The number of carbonyl (C=O) groups excluding carboxylic acids is 1. The topological polar surface area (TPSA) is 68.5 Å². The van der Waals surface area contributed by atoms with Crippen LogP contribution in [0.3, 0.4) is 0 Å². The number of aryl methyl sites for hydroxylation is 1. The minimum absolute atomic E-state index is 0.0401. The number of hydrogen-bond acceptors (Lipinski definition) is 4. The summed E-state index contributed by atoms with van der Waals surface area (Å²) in [6, 6.07) is 14.1. The minimum Gasteiger partial charge on any atom is -0.497 e. The van der Waals surface area contributed by atoms with Gasteiger partial charge in [-0.1, -0.05) is 25.1 Å². The maximum absolute atomic E-state index is 12.5. The molecule has 3 aromatic rings. The maximum atomic E-state index is 12.5. The molecule has 1 heterocycles. The number of fused-ring (bicyclic) bond motifs is 1. The molecule has 2 aromatic carbocycles. The molecule has 24 heavy (non-hydrogen) atoms. The molecule has 5 nitrogen and oxygen atoms in total. The van der Waals surface area contributed by atoms with E-state index >= 15 is 0 Å². The van der Waals surface area contributed by atoms with Crippen molar-refractivity contribution in [2.24, 2.45) is 0 Å². The van der Waals surface area contributed by atoms with E-state index in [-0.39, 0.29) is 5.56 Å². The van der Waals surface area contributed by atoms with Gasteiger partial charge in [-0.3, -0.25) is 4.79 Å². The molecule has 0 unspecified atom stereocenters. The third kappa shape index (κ3) is 3.01. The fourth-order valence-corrected chi connectivity index (χ4v) is 2.53. The fourth-order valence-electron chi connectivity index (χ4n) is 2.53. The summed E-state index contributed by atoms with van der Waals surface area (Å²) in [4.78, 5) is 24.6. The molecular weight excluding hydrogens is 306 g/mol. The lowest BCUT2D eigenvalue weighted by Crippen LogP contribution is -2.21. The van der Waals surface area contributed by atoms with E-state index in [9.17, 15) is 9.59 Å². The van der Waals surface area contributed by atoms with Crippen LogP contribution in [0.25, 0.3) is 11.0 Å². The Morgan fingerprint density at radius 3 is 2.71 bits per heavy atom. The van der Waals surface area contributed by atoms with Gasteiger partial charge in [-0.15, -0.1) is 0 Å². The molecule has 0 saturated carbocycles. The molecule has 3 rings (SSSR count). The number of nitrogens with one attached hydrogen (secondary N) is 1. The molecule has 1 N–H and O–H groups in total. The van der Waals surface area contributed by atoms with E-state index in [0.717, 1.165) is 12.0 Å². The Bertz CT molecular complexity index is 959. The zero-order chi connectivity index (χ0) is 17.1. The van der Waals surface area contributed by atoms with Crippen molar-refractivity contribution in [3.05, 3.63) is 70.1 Å². The van der Waals surface area contributed by atoms with Crippen molar-refractivity contribution in [2.45, 2.75) is 13.3 Å². The van der Waals surface area contributed by atoms with Crippen LogP contribution in [0.4, 0.5) is 5.69 Å². The van der Waals surface area contributed by atoms with Crippen LogP contribution in [0.2, 0.25) is 0 Å². The Labute approximate surface area is 138 Å². The van der Waals surface area contributed by atoms with E-state index < -0.39 is 11.5 Å². The number of ether oxygens (including phenoxy) is 1. The number of anilines is 1. The smallest absolute Gasteiger partial charge is 0.349 e. The van der Waals surface area contributed by atoms with Gasteiger partial charge in [-0.25, -0.2) is 4.79 Å². The maximum Gasteiger partial charge on any atom is 0.349 e. The number of benzene rings is 2. The first-order chi connectivity index (χ1) is 11.6. The highest BCUT2D eigenvalue weighted by Crippen LogP contribution is 2.21. The molecule has 0 aliphatic carbocycles. The van der Waals surface area contributed by atoms with Crippen LogP contribution in [0, 0.1) is 0 Å². The molecular formula is C19H17NO4. The predicted molar refractivity (Wildman–Crippen MR) is 92.8 cm³/mol. The van der Waals surface area contributed by atoms with Crippen molar-refractivity contribution in [2.75, 3.05) is 12.4 Å². The van der Waals surface area contributed by atoms with Crippen LogP contribution in [-0.4, -0.2) is 13.0 Å². The van der Waals surface area contributed by atoms with Gasteiger partial charge in [-0.05, 0) is 42.3 Å². The van der Waals surface area contributed by atoms with E-state index in [1.54, 1.807) is 25.3 Å². The van der Waals surface area contributed by atoms with Crippen LogP contribution in [-0.2, 0) is 6.42 Å². The van der Waals surface area contributed by atoms with E-state index in [1.165, 1.54) is 6.07 Å². The predicted octanol–water partition coefficient (Wildman–Crippen LogP) is 3.62. The van der Waals surface area contributed by atoms with Gasteiger partial charge in [0.2, 0.25) is 0 Å². The quantitative estimate of drug-likeness (QED) is 0.745. The Morgan fingerprint density at radius 1 is 1.17 bits per heavy atom. The summed E-state index contributed by atoms with van der Waals surface area (Å²) in [5, 5.41) is 3.41. The van der Waals surface area contributed by atoms with E-state index in [4.69, 9.17) is 9.15 Å². The van der Waals surface area contributed by atoms with Gasteiger partial charge >= 0.3 is 5.63 Å². The third-order valence-corrected chi connectivity index (χ3v) is 3.83. The minimum atomic E-state index is -0.667. The second-order valence-electron chi connectivity index (χ2n) is 5.32. The number of rotatable bonds is 4. The first-order valence-corrected chi connectivity index (χ1v) is 7.63. The van der Waals surface area contributed by atoms with Crippen molar-refractivity contribution in [3.8, 4) is 5.75 Å². The zero-order valence-corrected chi connectivity index (χ0v) is 13.5. The number of hydrogen-bond donors (Lipinski definition) is 1. The van der Waals surface area contributed by atoms with Gasteiger partial charge in [0.15, 0.2) is 0 Å². The lowest BCUT2D eigenvalue weighted by Gasteiger charge is -2.09. The van der Waals surface area contributed by atoms with E-state index in [0.29, 0.717) is 22.4 Å². The molecule has 0 radical (unpaired) electrons. The lowest BCUT2D eigenvalue weighted by molar-refractivity contribution is 0.102. The van der Waals surface area contributed by atoms with E-state index in [1.807, 2.05) is 31.2 Å². The van der Waals surface area contributed by atoms with Gasteiger partial charge in [-0.2, -0.15) is 0 Å². The van der Waals surface area contributed by atoms with Gasteiger partial charge in [0.1, 0.15) is 16.9 Å². The molecule has 1 aromatic heterocycles. The molecule has 0 saturated heterocycles. The Kier molecular flexibility index (Phi) is 4.33. The first-order valence-electron chi connectivity index (χ1n) is 7.63. The van der Waals surface area contributed by atoms with Crippen molar-refractivity contribution in [1.82, 2.24) is 0 Å². The molecule has 0 aliphatic rings. The number of amides is 1. The third-order valence-electron chi connectivity index (χ3n) is 3.83. The molecule has 5 heteroatoms. The molecule has 0 aliphatic heterocycles. The summed E-state index contributed by atoms with van der Waals surface area (Å²) < 4.78 is 10.4. The Hall–Kier alpha value is -3.08. The molecule has 0 atom stereocenters. The Morgan fingerprint density at radius 2 is 1.96 bits per heavy atom. The van der Waals surface area contributed by atoms with Crippen molar-refractivity contribution >= 4 is 22.6 Å². The van der Waals surface area contributed by atoms with Gasteiger partial charge in [0.05, 0.1) is 7.11 Å². The monoisotopic (exact) mass is 323 g/mol. The van der Waals surface area contributed by atoms with Gasteiger partial charge in [0.25, 0.3) is 5.91 Å². The van der Waals surface area contributed by atoms with Crippen LogP contribution >= 0.6 is 0 Å². The lowest BCUT2D eigenvalue weighted by atomic mass is 10.1. The Balaban J connectivity index is 2.00. The highest BCUT2D eigenvalue weighted by Gasteiger charge is 2.15. The van der Waals surface area contributed by atoms with Crippen LogP contribution in [0.1, 0.15) is 22.8 Å².